The maximum atomic E-state index is 12.5. The normalized spacial score (nSPS) is 11.2. The minimum Gasteiger partial charge on any atom is -0.495 e. The molecule has 25 heavy (non-hydrogen) atoms. The molecule has 2 aromatic carbocycles. The van der Waals surface area contributed by atoms with E-state index in [1.165, 1.54) is 13.2 Å². The average Bonchev–Trinajstić information content (AvgIpc) is 2.57. The number of carbonyl (C=O) groups excluding carboxylic acids is 1. The SMILES string of the molecule is COc1ccc(C)cc1S(=O)(=O)NCC(=O)Nc1cccc(C)c1C. The molecule has 134 valence electrons. The van der Waals surface area contributed by atoms with Crippen molar-refractivity contribution in [2.75, 3.05) is 19.0 Å². The number of hydrogen-bond donors (Lipinski definition) is 2. The lowest BCUT2D eigenvalue weighted by molar-refractivity contribution is -0.115. The second-order valence-electron chi connectivity index (χ2n) is 5.77. The summed E-state index contributed by atoms with van der Waals surface area (Å²) in [6.45, 7) is 5.25. The molecule has 0 heterocycles. The van der Waals surface area contributed by atoms with E-state index in [1.807, 2.05) is 26.0 Å². The van der Waals surface area contributed by atoms with E-state index in [0.717, 1.165) is 16.7 Å². The van der Waals surface area contributed by atoms with E-state index < -0.39 is 15.9 Å². The summed E-state index contributed by atoms with van der Waals surface area (Å²) in [6.07, 6.45) is 0. The number of methoxy groups -OCH3 is 1. The molecule has 6 nitrogen and oxygen atoms in total. The largest absolute Gasteiger partial charge is 0.495 e. The zero-order valence-corrected chi connectivity index (χ0v) is 15.5. The van der Waals surface area contributed by atoms with Crippen LogP contribution in [0, 0.1) is 20.8 Å². The second kappa shape index (κ2) is 7.67. The highest BCUT2D eigenvalue weighted by atomic mass is 32.2. The number of amides is 1. The standard InChI is InChI=1S/C18H22N2O4S/c1-12-8-9-16(24-4)17(10-12)25(22,23)19-11-18(21)20-15-7-5-6-13(2)14(15)3/h5-10,19H,11H2,1-4H3,(H,20,21). The van der Waals surface area contributed by atoms with Gasteiger partial charge in [0.2, 0.25) is 15.9 Å². The van der Waals surface area contributed by atoms with Crippen LogP contribution in [0.5, 0.6) is 5.75 Å². The Morgan fingerprint density at radius 3 is 2.52 bits per heavy atom. The van der Waals surface area contributed by atoms with Gasteiger partial charge in [-0.1, -0.05) is 18.2 Å². The molecule has 2 aromatic rings. The Morgan fingerprint density at radius 1 is 1.12 bits per heavy atom. The van der Waals surface area contributed by atoms with Gasteiger partial charge in [0.1, 0.15) is 10.6 Å². The van der Waals surface area contributed by atoms with Crippen molar-refractivity contribution >= 4 is 21.6 Å². The number of carbonyl (C=O) groups is 1. The molecule has 0 fully saturated rings. The van der Waals surface area contributed by atoms with Crippen LogP contribution in [0.15, 0.2) is 41.3 Å². The molecule has 0 bridgehead atoms. The van der Waals surface area contributed by atoms with Crippen molar-refractivity contribution in [1.29, 1.82) is 0 Å². The number of ether oxygens (including phenoxy) is 1. The van der Waals surface area contributed by atoms with Crippen LogP contribution in [0.3, 0.4) is 0 Å². The minimum atomic E-state index is -3.87. The first kappa shape index (κ1) is 19.0. The van der Waals surface area contributed by atoms with Crippen molar-refractivity contribution in [3.05, 3.63) is 53.1 Å². The van der Waals surface area contributed by atoms with Crippen molar-refractivity contribution in [1.82, 2.24) is 4.72 Å². The molecule has 0 aliphatic heterocycles. The minimum absolute atomic E-state index is 0.00883. The molecule has 0 radical (unpaired) electrons. The monoisotopic (exact) mass is 362 g/mol. The van der Waals surface area contributed by atoms with Gasteiger partial charge in [-0.05, 0) is 55.7 Å². The summed E-state index contributed by atoms with van der Waals surface area (Å²) in [7, 11) is -2.47. The highest BCUT2D eigenvalue weighted by Gasteiger charge is 2.20. The van der Waals surface area contributed by atoms with Gasteiger partial charge >= 0.3 is 0 Å². The molecule has 2 rings (SSSR count). The Balaban J connectivity index is 2.11. The van der Waals surface area contributed by atoms with E-state index in [0.29, 0.717) is 5.69 Å². The van der Waals surface area contributed by atoms with Crippen LogP contribution in [0.2, 0.25) is 0 Å². The summed E-state index contributed by atoms with van der Waals surface area (Å²) < 4.78 is 32.4. The number of nitrogens with one attached hydrogen (secondary N) is 2. The van der Waals surface area contributed by atoms with Crippen LogP contribution in [0.1, 0.15) is 16.7 Å². The third-order valence-electron chi connectivity index (χ3n) is 3.91. The molecule has 0 atom stereocenters. The van der Waals surface area contributed by atoms with Crippen LogP contribution < -0.4 is 14.8 Å². The van der Waals surface area contributed by atoms with Gasteiger partial charge in [0, 0.05) is 5.69 Å². The van der Waals surface area contributed by atoms with Crippen LogP contribution in [0.25, 0.3) is 0 Å². The number of hydrogen-bond acceptors (Lipinski definition) is 4. The van der Waals surface area contributed by atoms with Gasteiger partial charge in [-0.3, -0.25) is 4.79 Å². The lowest BCUT2D eigenvalue weighted by Crippen LogP contribution is -2.33. The summed E-state index contributed by atoms with van der Waals surface area (Å²) in [4.78, 5) is 12.1. The first-order valence-corrected chi connectivity index (χ1v) is 9.23. The highest BCUT2D eigenvalue weighted by Crippen LogP contribution is 2.24. The van der Waals surface area contributed by atoms with E-state index in [4.69, 9.17) is 4.74 Å². The molecule has 0 aliphatic carbocycles. The highest BCUT2D eigenvalue weighted by molar-refractivity contribution is 7.89. The molecule has 7 heteroatoms. The molecular weight excluding hydrogens is 340 g/mol. The number of benzene rings is 2. The quantitative estimate of drug-likeness (QED) is 0.827. The first-order chi connectivity index (χ1) is 11.7. The van der Waals surface area contributed by atoms with E-state index in [2.05, 4.69) is 10.0 Å². The predicted molar refractivity (Wildman–Crippen MR) is 97.5 cm³/mol. The van der Waals surface area contributed by atoms with Crippen molar-refractivity contribution < 1.29 is 17.9 Å². The molecule has 0 aliphatic rings. The Kier molecular flexibility index (Phi) is 5.81. The third kappa shape index (κ3) is 4.58. The number of anilines is 1. The molecular formula is C18H22N2O4S. The topological polar surface area (TPSA) is 84.5 Å². The first-order valence-electron chi connectivity index (χ1n) is 7.75. The number of aryl methyl sites for hydroxylation is 2. The number of sulfonamides is 1. The van der Waals surface area contributed by atoms with Gasteiger partial charge in [0.25, 0.3) is 0 Å². The zero-order chi connectivity index (χ0) is 18.6. The molecule has 0 saturated heterocycles. The fourth-order valence-electron chi connectivity index (χ4n) is 2.31. The van der Waals surface area contributed by atoms with Crippen molar-refractivity contribution in [3.63, 3.8) is 0 Å². The Labute approximate surface area is 148 Å². The molecule has 2 N–H and O–H groups in total. The third-order valence-corrected chi connectivity index (χ3v) is 5.33. The van der Waals surface area contributed by atoms with E-state index in [9.17, 15) is 13.2 Å². The molecule has 0 aromatic heterocycles. The maximum absolute atomic E-state index is 12.5. The summed E-state index contributed by atoms with van der Waals surface area (Å²) in [5, 5.41) is 2.72. The zero-order valence-electron chi connectivity index (χ0n) is 14.7. The van der Waals surface area contributed by atoms with Gasteiger partial charge in [0.05, 0.1) is 13.7 Å². The Morgan fingerprint density at radius 2 is 1.84 bits per heavy atom. The summed E-state index contributed by atoms with van der Waals surface area (Å²) in [6, 6.07) is 10.4. The van der Waals surface area contributed by atoms with E-state index in [-0.39, 0.29) is 17.2 Å². The summed E-state index contributed by atoms with van der Waals surface area (Å²) >= 11 is 0. The molecule has 0 unspecified atom stereocenters. The fraction of sp³-hybridized carbons (Fsp3) is 0.278. The lowest BCUT2D eigenvalue weighted by Gasteiger charge is -2.13. The lowest BCUT2D eigenvalue weighted by atomic mass is 10.1. The smallest absolute Gasteiger partial charge is 0.244 e. The van der Waals surface area contributed by atoms with Crippen LogP contribution in [0.4, 0.5) is 5.69 Å². The average molecular weight is 362 g/mol. The predicted octanol–water partition coefficient (Wildman–Crippen LogP) is 2.54. The molecule has 1 amide bonds. The van der Waals surface area contributed by atoms with Crippen molar-refractivity contribution in [2.24, 2.45) is 0 Å². The van der Waals surface area contributed by atoms with Gasteiger partial charge in [0.15, 0.2) is 0 Å². The summed E-state index contributed by atoms with van der Waals surface area (Å²) in [5.41, 5.74) is 3.43. The van der Waals surface area contributed by atoms with Gasteiger partial charge < -0.3 is 10.1 Å². The Bertz CT molecular complexity index is 892. The van der Waals surface area contributed by atoms with E-state index in [1.54, 1.807) is 25.1 Å². The Hall–Kier alpha value is -2.38. The number of rotatable bonds is 6. The summed E-state index contributed by atoms with van der Waals surface area (Å²) in [5.74, 6) is -0.211. The van der Waals surface area contributed by atoms with Gasteiger partial charge in [-0.15, -0.1) is 0 Å². The van der Waals surface area contributed by atoms with Gasteiger partial charge in [-0.25, -0.2) is 13.1 Å². The van der Waals surface area contributed by atoms with Crippen molar-refractivity contribution in [3.8, 4) is 5.75 Å². The maximum Gasteiger partial charge on any atom is 0.244 e. The van der Waals surface area contributed by atoms with Gasteiger partial charge in [-0.2, -0.15) is 0 Å². The molecule has 0 saturated carbocycles. The van der Waals surface area contributed by atoms with E-state index >= 15 is 0 Å². The van der Waals surface area contributed by atoms with Crippen LogP contribution in [-0.4, -0.2) is 28.0 Å². The molecule has 0 spiro atoms. The second-order valence-corrected chi connectivity index (χ2v) is 7.51. The van der Waals surface area contributed by atoms with Crippen LogP contribution >= 0.6 is 0 Å². The van der Waals surface area contributed by atoms with Crippen LogP contribution in [-0.2, 0) is 14.8 Å². The van der Waals surface area contributed by atoms with Crippen molar-refractivity contribution in [2.45, 2.75) is 25.7 Å². The fourth-order valence-corrected chi connectivity index (χ4v) is 3.55.